The molecule has 0 saturated heterocycles. The number of nitrogens with zero attached hydrogens (tertiary/aromatic N) is 2. The summed E-state index contributed by atoms with van der Waals surface area (Å²) in [6.07, 6.45) is 3.72. The molecule has 6 heteroatoms. The largest absolute Gasteiger partial charge is 0.397 e. The topological polar surface area (TPSA) is 88.7 Å². The molecule has 0 atom stereocenters. The van der Waals surface area contributed by atoms with Gasteiger partial charge in [0.15, 0.2) is 5.82 Å². The number of amides is 1. The van der Waals surface area contributed by atoms with E-state index in [1.807, 2.05) is 24.5 Å². The van der Waals surface area contributed by atoms with Crippen LogP contribution in [0.15, 0.2) is 18.3 Å². The van der Waals surface area contributed by atoms with Gasteiger partial charge in [-0.05, 0) is 26.3 Å². The average molecular weight is 275 g/mol. The molecule has 6 nitrogen and oxygen atoms in total. The Morgan fingerprint density at radius 1 is 1.50 bits per heavy atom. The highest BCUT2D eigenvalue weighted by Gasteiger charge is 2.16. The number of anilines is 2. The first-order chi connectivity index (χ1) is 9.51. The van der Waals surface area contributed by atoms with Crippen molar-refractivity contribution in [3.05, 3.63) is 29.7 Å². The minimum Gasteiger partial charge on any atom is -0.397 e. The summed E-state index contributed by atoms with van der Waals surface area (Å²) >= 11 is 0. The summed E-state index contributed by atoms with van der Waals surface area (Å²) in [5.74, 6) is 0.332. The van der Waals surface area contributed by atoms with Crippen LogP contribution in [-0.2, 0) is 6.42 Å². The van der Waals surface area contributed by atoms with Crippen LogP contribution in [-0.4, -0.2) is 20.7 Å². The average Bonchev–Trinajstić information content (AvgIpc) is 2.96. The third-order valence-corrected chi connectivity index (χ3v) is 3.05. The van der Waals surface area contributed by atoms with Gasteiger partial charge in [-0.2, -0.15) is 5.10 Å². The first-order valence-electron chi connectivity index (χ1n) is 6.84. The second kappa shape index (κ2) is 5.81. The van der Waals surface area contributed by atoms with E-state index < -0.39 is 0 Å². The summed E-state index contributed by atoms with van der Waals surface area (Å²) in [6.45, 7) is 6.10. The van der Waals surface area contributed by atoms with E-state index in [1.165, 1.54) is 0 Å². The minimum absolute atomic E-state index is 0.169. The molecule has 0 bridgehead atoms. The Hall–Kier alpha value is -2.24. The summed E-state index contributed by atoms with van der Waals surface area (Å²) < 4.78 is 1.85. The number of nitrogens with two attached hydrogens (primary N) is 1. The predicted octanol–water partition coefficient (Wildman–Crippen LogP) is 2.58. The Balaban J connectivity index is 2.15. The van der Waals surface area contributed by atoms with E-state index in [2.05, 4.69) is 22.4 Å². The Bertz CT molecular complexity index is 596. The van der Waals surface area contributed by atoms with Gasteiger partial charge in [-0.1, -0.05) is 13.3 Å². The second-order valence-corrected chi connectivity index (χ2v) is 5.14. The molecule has 4 N–H and O–H groups in total. The zero-order chi connectivity index (χ0) is 14.7. The highest BCUT2D eigenvalue weighted by Crippen LogP contribution is 2.18. The van der Waals surface area contributed by atoms with Gasteiger partial charge in [0.05, 0.1) is 5.69 Å². The van der Waals surface area contributed by atoms with Crippen molar-refractivity contribution in [3.63, 3.8) is 0 Å². The van der Waals surface area contributed by atoms with Gasteiger partial charge in [0.2, 0.25) is 0 Å². The fourth-order valence-corrected chi connectivity index (χ4v) is 2.11. The second-order valence-electron chi connectivity index (χ2n) is 5.14. The van der Waals surface area contributed by atoms with Crippen LogP contribution in [0.2, 0.25) is 0 Å². The van der Waals surface area contributed by atoms with Crippen LogP contribution in [0.4, 0.5) is 11.5 Å². The van der Waals surface area contributed by atoms with E-state index >= 15 is 0 Å². The number of carbonyl (C=O) groups excluding carboxylic acids is 1. The van der Waals surface area contributed by atoms with E-state index in [-0.39, 0.29) is 11.9 Å². The van der Waals surface area contributed by atoms with Crippen molar-refractivity contribution in [2.45, 2.75) is 39.7 Å². The predicted molar refractivity (Wildman–Crippen MR) is 79.8 cm³/mol. The van der Waals surface area contributed by atoms with Gasteiger partial charge in [-0.3, -0.25) is 9.89 Å². The number of aromatic nitrogens is 3. The number of aryl methyl sites for hydroxylation is 1. The number of H-pyrrole nitrogens is 1. The first kappa shape index (κ1) is 14.2. The zero-order valence-corrected chi connectivity index (χ0v) is 12.1. The van der Waals surface area contributed by atoms with Crippen LogP contribution in [0.1, 0.15) is 49.4 Å². The van der Waals surface area contributed by atoms with E-state index in [4.69, 9.17) is 5.73 Å². The SMILES string of the molecule is CCCc1cc(NC(=O)c2cc(N)cn2C(C)C)n[nH]1. The molecule has 0 aliphatic carbocycles. The van der Waals surface area contributed by atoms with Crippen LogP contribution in [0.3, 0.4) is 0 Å². The van der Waals surface area contributed by atoms with Crippen molar-refractivity contribution >= 4 is 17.4 Å². The quantitative estimate of drug-likeness (QED) is 0.783. The Morgan fingerprint density at radius 3 is 2.90 bits per heavy atom. The number of nitrogen functional groups attached to an aromatic ring is 1. The number of aromatic amines is 1. The van der Waals surface area contributed by atoms with Crippen molar-refractivity contribution in [1.82, 2.24) is 14.8 Å². The van der Waals surface area contributed by atoms with Gasteiger partial charge in [-0.15, -0.1) is 0 Å². The monoisotopic (exact) mass is 275 g/mol. The van der Waals surface area contributed by atoms with Gasteiger partial charge in [0.1, 0.15) is 5.69 Å². The van der Waals surface area contributed by atoms with Crippen molar-refractivity contribution in [1.29, 1.82) is 0 Å². The molecule has 0 saturated carbocycles. The van der Waals surface area contributed by atoms with E-state index in [1.54, 1.807) is 12.3 Å². The molecule has 2 aromatic heterocycles. The molecule has 0 spiro atoms. The molecule has 0 aliphatic rings. The highest BCUT2D eigenvalue weighted by atomic mass is 16.2. The van der Waals surface area contributed by atoms with Crippen LogP contribution in [0.5, 0.6) is 0 Å². The molecule has 0 radical (unpaired) electrons. The van der Waals surface area contributed by atoms with Gasteiger partial charge < -0.3 is 15.6 Å². The van der Waals surface area contributed by atoms with Gasteiger partial charge in [-0.25, -0.2) is 0 Å². The summed E-state index contributed by atoms with van der Waals surface area (Å²) in [7, 11) is 0. The van der Waals surface area contributed by atoms with Crippen LogP contribution in [0, 0.1) is 0 Å². The van der Waals surface area contributed by atoms with Crippen molar-refractivity contribution in [2.24, 2.45) is 0 Å². The fourth-order valence-electron chi connectivity index (χ4n) is 2.11. The van der Waals surface area contributed by atoms with E-state index in [9.17, 15) is 4.79 Å². The third-order valence-electron chi connectivity index (χ3n) is 3.05. The molecule has 0 aromatic carbocycles. The van der Waals surface area contributed by atoms with Crippen molar-refractivity contribution in [3.8, 4) is 0 Å². The van der Waals surface area contributed by atoms with Crippen molar-refractivity contribution in [2.75, 3.05) is 11.1 Å². The van der Waals surface area contributed by atoms with E-state index in [0.717, 1.165) is 18.5 Å². The van der Waals surface area contributed by atoms with Crippen molar-refractivity contribution < 1.29 is 4.79 Å². The molecule has 2 aromatic rings. The van der Waals surface area contributed by atoms with Gasteiger partial charge in [0.25, 0.3) is 5.91 Å². The number of hydrogen-bond donors (Lipinski definition) is 3. The Kier molecular flexibility index (Phi) is 4.12. The summed E-state index contributed by atoms with van der Waals surface area (Å²) in [6, 6.07) is 3.70. The molecular weight excluding hydrogens is 254 g/mol. The Morgan fingerprint density at radius 2 is 2.25 bits per heavy atom. The number of hydrogen-bond acceptors (Lipinski definition) is 3. The summed E-state index contributed by atoms with van der Waals surface area (Å²) in [5.41, 5.74) is 7.91. The number of rotatable bonds is 5. The molecule has 2 heterocycles. The summed E-state index contributed by atoms with van der Waals surface area (Å²) in [4.78, 5) is 12.3. The molecule has 0 aliphatic heterocycles. The maximum atomic E-state index is 12.3. The molecule has 1 amide bonds. The first-order valence-corrected chi connectivity index (χ1v) is 6.84. The smallest absolute Gasteiger partial charge is 0.273 e. The molecule has 108 valence electrons. The molecule has 0 fully saturated rings. The maximum Gasteiger partial charge on any atom is 0.273 e. The minimum atomic E-state index is -0.204. The zero-order valence-electron chi connectivity index (χ0n) is 12.1. The van der Waals surface area contributed by atoms with Crippen LogP contribution >= 0.6 is 0 Å². The lowest BCUT2D eigenvalue weighted by Crippen LogP contribution is -2.17. The molecule has 20 heavy (non-hydrogen) atoms. The van der Waals surface area contributed by atoms with E-state index in [0.29, 0.717) is 17.2 Å². The molecular formula is C14H21N5O. The van der Waals surface area contributed by atoms with Gasteiger partial charge >= 0.3 is 0 Å². The number of carbonyl (C=O) groups is 1. The molecule has 0 unspecified atom stereocenters. The van der Waals surface area contributed by atoms with Gasteiger partial charge in [0, 0.05) is 24.0 Å². The lowest BCUT2D eigenvalue weighted by atomic mass is 10.2. The maximum absolute atomic E-state index is 12.3. The normalized spacial score (nSPS) is 11.0. The van der Waals surface area contributed by atoms with Crippen LogP contribution < -0.4 is 11.1 Å². The molecule has 2 rings (SSSR count). The number of nitrogens with one attached hydrogen (secondary N) is 2. The standard InChI is InChI=1S/C14H21N5O/c1-4-5-11-7-13(18-17-11)16-14(20)12-6-10(15)8-19(12)9(2)3/h6-9H,4-5,15H2,1-3H3,(H2,16,17,18,20). The van der Waals surface area contributed by atoms with Crippen LogP contribution in [0.25, 0.3) is 0 Å². The lowest BCUT2D eigenvalue weighted by Gasteiger charge is -2.11. The third kappa shape index (κ3) is 3.01. The summed E-state index contributed by atoms with van der Waals surface area (Å²) in [5, 5.41) is 9.78. The lowest BCUT2D eigenvalue weighted by molar-refractivity contribution is 0.101. The highest BCUT2D eigenvalue weighted by molar-refractivity contribution is 6.03. The fraction of sp³-hybridized carbons (Fsp3) is 0.429. The Labute approximate surface area is 118 Å².